The fourth-order valence-corrected chi connectivity index (χ4v) is 2.54. The van der Waals surface area contributed by atoms with Gasteiger partial charge in [-0.05, 0) is 45.0 Å². The van der Waals surface area contributed by atoms with Gasteiger partial charge in [-0.1, -0.05) is 0 Å². The van der Waals surface area contributed by atoms with Gasteiger partial charge < -0.3 is 25.1 Å². The normalized spacial score (nSPS) is 15.7. The Morgan fingerprint density at radius 3 is 2.71 bits per heavy atom. The number of rotatable bonds is 5. The van der Waals surface area contributed by atoms with Crippen LogP contribution in [0.2, 0.25) is 0 Å². The standard InChI is InChI=1S/C14H21N3O4/c1-2-17(10-5-7-15-8-6-10)14(20)16-9-11-3-4-12(21-11)13(18)19/h3-4,10,15H,2,5-9H2,1H3,(H,16,20)(H,18,19). The maximum Gasteiger partial charge on any atom is 0.371 e. The molecule has 7 heteroatoms. The van der Waals surface area contributed by atoms with Gasteiger partial charge in [0.25, 0.3) is 0 Å². The van der Waals surface area contributed by atoms with Gasteiger partial charge in [0.2, 0.25) is 5.76 Å². The SMILES string of the molecule is CCN(C(=O)NCc1ccc(C(=O)O)o1)C1CCNCC1. The van der Waals surface area contributed by atoms with E-state index in [1.54, 1.807) is 6.07 Å². The molecule has 0 spiro atoms. The molecule has 0 saturated carbocycles. The Hall–Kier alpha value is -2.02. The van der Waals surface area contributed by atoms with E-state index in [9.17, 15) is 9.59 Å². The molecule has 116 valence electrons. The first-order valence-corrected chi connectivity index (χ1v) is 7.19. The minimum Gasteiger partial charge on any atom is -0.475 e. The highest BCUT2D eigenvalue weighted by molar-refractivity contribution is 5.84. The van der Waals surface area contributed by atoms with Gasteiger partial charge in [-0.15, -0.1) is 0 Å². The molecule has 0 bridgehead atoms. The minimum absolute atomic E-state index is 0.120. The predicted octanol–water partition coefficient (Wildman–Crippen LogP) is 1.26. The van der Waals surface area contributed by atoms with Crippen LogP contribution in [-0.4, -0.2) is 47.7 Å². The van der Waals surface area contributed by atoms with Crippen LogP contribution in [0.25, 0.3) is 0 Å². The number of furan rings is 1. The Bertz CT molecular complexity index is 494. The monoisotopic (exact) mass is 295 g/mol. The number of carbonyl (C=O) groups excluding carboxylic acids is 1. The van der Waals surface area contributed by atoms with Crippen molar-refractivity contribution in [2.45, 2.75) is 32.4 Å². The van der Waals surface area contributed by atoms with Crippen LogP contribution in [0.15, 0.2) is 16.5 Å². The Morgan fingerprint density at radius 2 is 2.14 bits per heavy atom. The number of carboxylic acids is 1. The zero-order chi connectivity index (χ0) is 15.2. The Balaban J connectivity index is 1.88. The number of aromatic carboxylic acids is 1. The van der Waals surface area contributed by atoms with Gasteiger partial charge in [0, 0.05) is 12.6 Å². The summed E-state index contributed by atoms with van der Waals surface area (Å²) in [5, 5.41) is 14.8. The highest BCUT2D eigenvalue weighted by atomic mass is 16.4. The topological polar surface area (TPSA) is 94.8 Å². The number of hydrogen-bond acceptors (Lipinski definition) is 4. The molecule has 1 saturated heterocycles. The minimum atomic E-state index is -1.11. The molecular weight excluding hydrogens is 274 g/mol. The average Bonchev–Trinajstić information content (AvgIpc) is 2.96. The number of nitrogens with zero attached hydrogens (tertiary/aromatic N) is 1. The van der Waals surface area contributed by atoms with Crippen LogP contribution in [0.1, 0.15) is 36.1 Å². The van der Waals surface area contributed by atoms with E-state index in [4.69, 9.17) is 9.52 Å². The first kappa shape index (κ1) is 15.4. The largest absolute Gasteiger partial charge is 0.475 e. The van der Waals surface area contributed by atoms with Crippen molar-refractivity contribution < 1.29 is 19.1 Å². The number of amides is 2. The van der Waals surface area contributed by atoms with E-state index in [2.05, 4.69) is 10.6 Å². The van der Waals surface area contributed by atoms with Crippen molar-refractivity contribution in [2.24, 2.45) is 0 Å². The fraction of sp³-hybridized carbons (Fsp3) is 0.571. The maximum absolute atomic E-state index is 12.2. The highest BCUT2D eigenvalue weighted by Gasteiger charge is 2.23. The lowest BCUT2D eigenvalue weighted by atomic mass is 10.1. The van der Waals surface area contributed by atoms with Gasteiger partial charge in [0.05, 0.1) is 6.54 Å². The van der Waals surface area contributed by atoms with Crippen molar-refractivity contribution >= 4 is 12.0 Å². The lowest BCUT2D eigenvalue weighted by Crippen LogP contribution is -2.49. The summed E-state index contributed by atoms with van der Waals surface area (Å²) in [6.07, 6.45) is 1.90. The van der Waals surface area contributed by atoms with E-state index in [0.717, 1.165) is 25.9 Å². The zero-order valence-corrected chi connectivity index (χ0v) is 12.1. The van der Waals surface area contributed by atoms with Crippen molar-refractivity contribution in [3.8, 4) is 0 Å². The summed E-state index contributed by atoms with van der Waals surface area (Å²) in [5.74, 6) is -0.801. The van der Waals surface area contributed by atoms with Crippen LogP contribution in [0.5, 0.6) is 0 Å². The molecule has 2 amide bonds. The Morgan fingerprint density at radius 1 is 1.43 bits per heavy atom. The molecule has 0 aliphatic carbocycles. The molecule has 0 atom stereocenters. The molecule has 0 aromatic carbocycles. The molecule has 0 radical (unpaired) electrons. The second kappa shape index (κ2) is 7.12. The van der Waals surface area contributed by atoms with E-state index in [1.165, 1.54) is 6.07 Å². The molecule has 0 unspecified atom stereocenters. The predicted molar refractivity (Wildman–Crippen MR) is 76.2 cm³/mol. The van der Waals surface area contributed by atoms with E-state index in [0.29, 0.717) is 12.3 Å². The summed E-state index contributed by atoms with van der Waals surface area (Å²) in [6, 6.07) is 3.05. The molecule has 21 heavy (non-hydrogen) atoms. The van der Waals surface area contributed by atoms with E-state index >= 15 is 0 Å². The summed E-state index contributed by atoms with van der Waals surface area (Å²) < 4.78 is 5.11. The fourth-order valence-electron chi connectivity index (χ4n) is 2.54. The third-order valence-electron chi connectivity index (χ3n) is 3.64. The van der Waals surface area contributed by atoms with Gasteiger partial charge in [0.15, 0.2) is 0 Å². The summed E-state index contributed by atoms with van der Waals surface area (Å²) >= 11 is 0. The van der Waals surface area contributed by atoms with Crippen LogP contribution < -0.4 is 10.6 Å². The highest BCUT2D eigenvalue weighted by Crippen LogP contribution is 2.12. The third-order valence-corrected chi connectivity index (χ3v) is 3.64. The Labute approximate surface area is 123 Å². The van der Waals surface area contributed by atoms with Crippen LogP contribution in [0.4, 0.5) is 4.79 Å². The summed E-state index contributed by atoms with van der Waals surface area (Å²) in [6.45, 7) is 4.64. The van der Waals surface area contributed by atoms with E-state index in [1.807, 2.05) is 11.8 Å². The molecule has 7 nitrogen and oxygen atoms in total. The number of hydrogen-bond donors (Lipinski definition) is 3. The van der Waals surface area contributed by atoms with Crippen molar-refractivity contribution in [3.63, 3.8) is 0 Å². The number of urea groups is 1. The third kappa shape index (κ3) is 3.98. The van der Waals surface area contributed by atoms with Gasteiger partial charge in [0.1, 0.15) is 5.76 Å². The van der Waals surface area contributed by atoms with Crippen molar-refractivity contribution in [1.29, 1.82) is 0 Å². The Kier molecular flexibility index (Phi) is 5.21. The molecular formula is C14H21N3O4. The van der Waals surface area contributed by atoms with Crippen molar-refractivity contribution in [3.05, 3.63) is 23.7 Å². The first-order valence-electron chi connectivity index (χ1n) is 7.19. The van der Waals surface area contributed by atoms with Crippen LogP contribution >= 0.6 is 0 Å². The number of nitrogens with one attached hydrogen (secondary N) is 2. The van der Waals surface area contributed by atoms with Crippen LogP contribution in [0, 0.1) is 0 Å². The van der Waals surface area contributed by atoms with Gasteiger partial charge >= 0.3 is 12.0 Å². The maximum atomic E-state index is 12.2. The smallest absolute Gasteiger partial charge is 0.371 e. The quantitative estimate of drug-likeness (QED) is 0.760. The molecule has 3 N–H and O–H groups in total. The van der Waals surface area contributed by atoms with Crippen LogP contribution in [-0.2, 0) is 6.54 Å². The number of carboxylic acid groups (broad SMARTS) is 1. The van der Waals surface area contributed by atoms with Crippen LogP contribution in [0.3, 0.4) is 0 Å². The number of carbonyl (C=O) groups is 2. The molecule has 2 rings (SSSR count). The molecule has 2 heterocycles. The molecule has 1 aromatic rings. The molecule has 1 aliphatic heterocycles. The van der Waals surface area contributed by atoms with E-state index < -0.39 is 5.97 Å². The average molecular weight is 295 g/mol. The van der Waals surface area contributed by atoms with E-state index in [-0.39, 0.29) is 24.4 Å². The zero-order valence-electron chi connectivity index (χ0n) is 12.1. The van der Waals surface area contributed by atoms with Gasteiger partial charge in [-0.25, -0.2) is 9.59 Å². The lowest BCUT2D eigenvalue weighted by Gasteiger charge is -2.33. The summed E-state index contributed by atoms with van der Waals surface area (Å²) in [7, 11) is 0. The van der Waals surface area contributed by atoms with Crippen molar-refractivity contribution in [1.82, 2.24) is 15.5 Å². The summed E-state index contributed by atoms with van der Waals surface area (Å²) in [5.41, 5.74) is 0. The second-order valence-corrected chi connectivity index (χ2v) is 5.00. The lowest BCUT2D eigenvalue weighted by molar-refractivity contribution is 0.0660. The summed E-state index contributed by atoms with van der Waals surface area (Å²) in [4.78, 5) is 24.8. The second-order valence-electron chi connectivity index (χ2n) is 5.00. The number of piperidine rings is 1. The molecule has 1 aromatic heterocycles. The van der Waals surface area contributed by atoms with Crippen molar-refractivity contribution in [2.75, 3.05) is 19.6 Å². The molecule has 1 fully saturated rings. The van der Waals surface area contributed by atoms with Gasteiger partial charge in [-0.3, -0.25) is 0 Å². The molecule has 1 aliphatic rings. The van der Waals surface area contributed by atoms with Gasteiger partial charge in [-0.2, -0.15) is 0 Å². The first-order chi connectivity index (χ1) is 10.1.